The predicted octanol–water partition coefficient (Wildman–Crippen LogP) is 0.0490. The van der Waals surface area contributed by atoms with Gasteiger partial charge in [0, 0.05) is 24.7 Å². The molecule has 2 aromatic heterocycles. The zero-order valence-corrected chi connectivity index (χ0v) is 13.3. The fourth-order valence-electron chi connectivity index (χ4n) is 2.48. The van der Waals surface area contributed by atoms with Gasteiger partial charge in [0.25, 0.3) is 0 Å². The number of anilines is 1. The molecule has 0 bridgehead atoms. The average Bonchev–Trinajstić information content (AvgIpc) is 3.02. The van der Waals surface area contributed by atoms with Gasteiger partial charge in [-0.25, -0.2) is 9.59 Å². The summed E-state index contributed by atoms with van der Waals surface area (Å²) in [6.45, 7) is 0. The number of hydrogen-bond donors (Lipinski definition) is 2. The number of benzene rings is 1. The standard InChI is InChI=1S/C16H15N5O4.Na.H/c1-20-9-17-16(25)21-14(20)11(8-18-21)4-7-13(22)19-12-5-2-10(3-6-12)15(23)24;;/h2-3,5-6,8-9H,4,7H2,1H3,(H,19,22)(H,23,24);;. The molecule has 2 N–H and O–H groups in total. The number of nitrogens with one attached hydrogen (secondary N) is 1. The van der Waals surface area contributed by atoms with Gasteiger partial charge in [-0.2, -0.15) is 14.6 Å². The van der Waals surface area contributed by atoms with Crippen LogP contribution in [0.3, 0.4) is 0 Å². The van der Waals surface area contributed by atoms with Crippen molar-refractivity contribution in [2.24, 2.45) is 7.05 Å². The van der Waals surface area contributed by atoms with E-state index >= 15 is 0 Å². The summed E-state index contributed by atoms with van der Waals surface area (Å²) in [7, 11) is 1.75. The monoisotopic (exact) mass is 365 g/mol. The van der Waals surface area contributed by atoms with Gasteiger partial charge in [-0.1, -0.05) is 0 Å². The summed E-state index contributed by atoms with van der Waals surface area (Å²) in [6.07, 6.45) is 3.55. The number of fused-ring (bicyclic) bond motifs is 1. The first kappa shape index (κ1) is 19.8. The Morgan fingerprint density at radius 3 is 2.58 bits per heavy atom. The van der Waals surface area contributed by atoms with Gasteiger partial charge in [0.15, 0.2) is 0 Å². The van der Waals surface area contributed by atoms with E-state index in [9.17, 15) is 14.4 Å². The molecule has 2 heterocycles. The number of aromatic nitrogens is 4. The Balaban J connectivity index is 0.00000243. The minimum absolute atomic E-state index is 0. The van der Waals surface area contributed by atoms with Crippen molar-refractivity contribution in [1.82, 2.24) is 19.2 Å². The van der Waals surface area contributed by atoms with Gasteiger partial charge in [0.1, 0.15) is 12.0 Å². The normalized spacial score (nSPS) is 10.3. The van der Waals surface area contributed by atoms with E-state index in [0.29, 0.717) is 17.8 Å². The Morgan fingerprint density at radius 1 is 1.23 bits per heavy atom. The predicted molar refractivity (Wildman–Crippen MR) is 95.7 cm³/mol. The molecule has 0 unspecified atom stereocenters. The number of carboxylic acid groups (broad SMARTS) is 1. The van der Waals surface area contributed by atoms with E-state index < -0.39 is 11.7 Å². The van der Waals surface area contributed by atoms with Crippen LogP contribution in [0, 0.1) is 0 Å². The number of aryl methyl sites for hydroxylation is 2. The minimum atomic E-state index is -1.02. The van der Waals surface area contributed by atoms with Crippen molar-refractivity contribution >= 4 is 52.8 Å². The van der Waals surface area contributed by atoms with Crippen LogP contribution >= 0.6 is 0 Å². The molecule has 3 aromatic rings. The van der Waals surface area contributed by atoms with Crippen molar-refractivity contribution in [2.45, 2.75) is 12.8 Å². The fourth-order valence-corrected chi connectivity index (χ4v) is 2.48. The second-order valence-electron chi connectivity index (χ2n) is 5.47. The summed E-state index contributed by atoms with van der Waals surface area (Å²) < 4.78 is 2.87. The van der Waals surface area contributed by atoms with Crippen LogP contribution in [0.15, 0.2) is 41.6 Å². The van der Waals surface area contributed by atoms with Gasteiger partial charge in [-0.15, -0.1) is 0 Å². The number of nitrogens with zero attached hydrogens (tertiary/aromatic N) is 4. The fraction of sp³-hybridized carbons (Fsp3) is 0.188. The van der Waals surface area contributed by atoms with Gasteiger partial charge in [0.2, 0.25) is 5.91 Å². The van der Waals surface area contributed by atoms with E-state index in [2.05, 4.69) is 15.4 Å². The van der Waals surface area contributed by atoms with Crippen LogP contribution in [0.2, 0.25) is 0 Å². The molecule has 0 saturated heterocycles. The number of amides is 1. The quantitative estimate of drug-likeness (QED) is 0.617. The summed E-state index contributed by atoms with van der Waals surface area (Å²) in [4.78, 5) is 38.2. The number of hydrogen-bond acceptors (Lipinski definition) is 5. The molecule has 0 fully saturated rings. The molecular formula is C16H16N5NaO4. The van der Waals surface area contributed by atoms with Crippen LogP contribution in [-0.4, -0.2) is 65.7 Å². The van der Waals surface area contributed by atoms with Crippen molar-refractivity contribution in [3.63, 3.8) is 0 Å². The van der Waals surface area contributed by atoms with E-state index in [1.807, 2.05) is 0 Å². The Kier molecular flexibility index (Phi) is 6.30. The number of rotatable bonds is 5. The van der Waals surface area contributed by atoms with Crippen LogP contribution in [0.1, 0.15) is 22.3 Å². The van der Waals surface area contributed by atoms with Crippen LogP contribution < -0.4 is 11.0 Å². The molecule has 0 aliphatic heterocycles. The number of carbonyl (C=O) groups excluding carboxylic acids is 1. The van der Waals surface area contributed by atoms with E-state index in [1.165, 1.54) is 35.1 Å². The third kappa shape index (κ3) is 4.18. The van der Waals surface area contributed by atoms with Crippen LogP contribution in [-0.2, 0) is 18.3 Å². The zero-order chi connectivity index (χ0) is 18.0. The SMILES string of the molecule is Cn1cnc(=O)n2ncc(CCC(=O)Nc3ccc(C(=O)O)cc3)c12.[NaH]. The third-order valence-electron chi connectivity index (χ3n) is 3.71. The van der Waals surface area contributed by atoms with Gasteiger partial charge < -0.3 is 15.0 Å². The van der Waals surface area contributed by atoms with Crippen molar-refractivity contribution in [3.8, 4) is 0 Å². The second kappa shape index (κ2) is 8.26. The summed E-state index contributed by atoms with van der Waals surface area (Å²) in [6, 6.07) is 5.91. The summed E-state index contributed by atoms with van der Waals surface area (Å²) >= 11 is 0. The van der Waals surface area contributed by atoms with Gasteiger partial charge in [-0.3, -0.25) is 4.79 Å². The van der Waals surface area contributed by atoms with Crippen LogP contribution in [0.5, 0.6) is 0 Å². The summed E-state index contributed by atoms with van der Waals surface area (Å²) in [5.74, 6) is -1.24. The van der Waals surface area contributed by atoms with Crippen molar-refractivity contribution in [1.29, 1.82) is 0 Å². The maximum atomic E-state index is 12.1. The van der Waals surface area contributed by atoms with Crippen molar-refractivity contribution < 1.29 is 14.7 Å². The molecular weight excluding hydrogens is 349 g/mol. The van der Waals surface area contributed by atoms with Crippen molar-refractivity contribution in [3.05, 3.63) is 58.4 Å². The third-order valence-corrected chi connectivity index (χ3v) is 3.71. The zero-order valence-electron chi connectivity index (χ0n) is 13.3. The molecule has 1 aromatic carbocycles. The van der Waals surface area contributed by atoms with E-state index in [0.717, 1.165) is 5.56 Å². The molecule has 0 aliphatic carbocycles. The molecule has 0 spiro atoms. The number of carbonyl (C=O) groups is 2. The van der Waals surface area contributed by atoms with Crippen LogP contribution in [0.4, 0.5) is 5.69 Å². The van der Waals surface area contributed by atoms with Crippen LogP contribution in [0.25, 0.3) is 5.65 Å². The maximum absolute atomic E-state index is 12.1. The number of aromatic carboxylic acids is 1. The average molecular weight is 365 g/mol. The first-order valence-corrected chi connectivity index (χ1v) is 7.47. The molecule has 0 atom stereocenters. The summed E-state index contributed by atoms with van der Waals surface area (Å²) in [5, 5.41) is 15.6. The van der Waals surface area contributed by atoms with Crippen molar-refractivity contribution in [2.75, 3.05) is 5.32 Å². The molecule has 3 rings (SSSR count). The molecule has 26 heavy (non-hydrogen) atoms. The number of carboxylic acids is 1. The van der Waals surface area contributed by atoms with Gasteiger partial charge in [0.05, 0.1) is 11.8 Å². The second-order valence-corrected chi connectivity index (χ2v) is 5.47. The molecule has 0 radical (unpaired) electrons. The Labute approximate surface area is 170 Å². The van der Waals surface area contributed by atoms with E-state index in [-0.39, 0.29) is 47.4 Å². The van der Waals surface area contributed by atoms with E-state index in [4.69, 9.17) is 5.11 Å². The molecule has 10 heteroatoms. The van der Waals surface area contributed by atoms with Gasteiger partial charge in [-0.05, 0) is 30.7 Å². The Hall–Kier alpha value is -2.49. The molecule has 0 saturated carbocycles. The van der Waals surface area contributed by atoms with Gasteiger partial charge >= 0.3 is 41.2 Å². The first-order chi connectivity index (χ1) is 12.0. The Morgan fingerprint density at radius 2 is 1.92 bits per heavy atom. The molecule has 130 valence electrons. The Bertz CT molecular complexity index is 1010. The summed E-state index contributed by atoms with van der Waals surface area (Å²) in [5.41, 5.74) is 1.56. The first-order valence-electron chi connectivity index (χ1n) is 7.47. The molecule has 9 nitrogen and oxygen atoms in total. The molecule has 1 amide bonds. The molecule has 0 aliphatic rings. The van der Waals surface area contributed by atoms with E-state index in [1.54, 1.807) is 17.8 Å². The topological polar surface area (TPSA) is 119 Å².